The van der Waals surface area contributed by atoms with Crippen LogP contribution in [-0.2, 0) is 4.79 Å². The average molecular weight is 205 g/mol. The molecule has 2 rings (SSSR count). The Kier molecular flexibility index (Phi) is 2.90. The molecule has 0 saturated carbocycles. The summed E-state index contributed by atoms with van der Waals surface area (Å²) in [5, 5.41) is 0. The number of likely N-dealkylation sites (tertiary alicyclic amines) is 1. The van der Waals surface area contributed by atoms with E-state index in [4.69, 9.17) is 4.74 Å². The maximum absolute atomic E-state index is 11.4. The van der Waals surface area contributed by atoms with Crippen LogP contribution >= 0.6 is 0 Å². The normalized spacial score (nSPS) is 21.5. The minimum Gasteiger partial charge on any atom is -0.490 e. The minimum atomic E-state index is 0.0381. The molecule has 1 aromatic rings. The molecule has 0 bridgehead atoms. The monoisotopic (exact) mass is 205 g/mol. The second-order valence-corrected chi connectivity index (χ2v) is 3.86. The molecule has 1 saturated heterocycles. The molecule has 80 valence electrons. The van der Waals surface area contributed by atoms with Gasteiger partial charge in [-0.15, -0.1) is 0 Å². The Balaban J connectivity index is 1.94. The molecule has 0 radical (unpaired) electrons. The van der Waals surface area contributed by atoms with Crippen molar-refractivity contribution in [3.05, 3.63) is 30.3 Å². The van der Waals surface area contributed by atoms with Gasteiger partial charge in [0.1, 0.15) is 11.9 Å². The predicted molar refractivity (Wildman–Crippen MR) is 57.7 cm³/mol. The van der Waals surface area contributed by atoms with Gasteiger partial charge in [0.25, 0.3) is 0 Å². The highest BCUT2D eigenvalue weighted by molar-refractivity contribution is 5.77. The van der Waals surface area contributed by atoms with Crippen LogP contribution in [0.3, 0.4) is 0 Å². The molecule has 15 heavy (non-hydrogen) atoms. The molecule has 0 N–H and O–H groups in total. The van der Waals surface area contributed by atoms with Crippen molar-refractivity contribution >= 4 is 5.91 Å². The van der Waals surface area contributed by atoms with Crippen molar-refractivity contribution in [3.63, 3.8) is 0 Å². The van der Waals surface area contributed by atoms with Gasteiger partial charge >= 0.3 is 0 Å². The Labute approximate surface area is 89.7 Å². The van der Waals surface area contributed by atoms with Crippen molar-refractivity contribution in [1.82, 2.24) is 4.90 Å². The third-order valence-electron chi connectivity index (χ3n) is 2.66. The van der Waals surface area contributed by atoms with Gasteiger partial charge in [0.05, 0.1) is 6.42 Å². The van der Waals surface area contributed by atoms with Gasteiger partial charge in [0.2, 0.25) is 5.91 Å². The third-order valence-corrected chi connectivity index (χ3v) is 2.66. The van der Waals surface area contributed by atoms with Gasteiger partial charge in [-0.25, -0.2) is 0 Å². The van der Waals surface area contributed by atoms with Crippen molar-refractivity contribution < 1.29 is 9.53 Å². The summed E-state index contributed by atoms with van der Waals surface area (Å²) in [7, 11) is 1.83. The number of para-hydroxylation sites is 1. The zero-order valence-corrected chi connectivity index (χ0v) is 8.85. The highest BCUT2D eigenvalue weighted by Crippen LogP contribution is 2.18. The molecule has 0 aromatic heterocycles. The van der Waals surface area contributed by atoms with Gasteiger partial charge in [-0.3, -0.25) is 4.79 Å². The standard InChI is InChI=1S/C12H15NO2/c1-13-8-7-11(9-12(13)14)15-10-5-3-2-4-6-10/h2-6,11H,7-9H2,1H3. The molecule has 1 amide bonds. The maximum atomic E-state index is 11.4. The number of hydrogen-bond acceptors (Lipinski definition) is 2. The Morgan fingerprint density at radius 2 is 2.07 bits per heavy atom. The van der Waals surface area contributed by atoms with E-state index in [1.54, 1.807) is 4.90 Å². The third kappa shape index (κ3) is 2.49. The zero-order valence-electron chi connectivity index (χ0n) is 8.85. The van der Waals surface area contributed by atoms with Crippen molar-refractivity contribution in [2.24, 2.45) is 0 Å². The molecule has 1 fully saturated rings. The lowest BCUT2D eigenvalue weighted by Crippen LogP contribution is -2.40. The van der Waals surface area contributed by atoms with Crippen molar-refractivity contribution in [3.8, 4) is 5.75 Å². The van der Waals surface area contributed by atoms with E-state index in [0.29, 0.717) is 6.42 Å². The number of nitrogens with zero attached hydrogens (tertiary/aromatic N) is 1. The van der Waals surface area contributed by atoms with E-state index in [2.05, 4.69) is 0 Å². The van der Waals surface area contributed by atoms with E-state index in [0.717, 1.165) is 18.7 Å². The van der Waals surface area contributed by atoms with Gasteiger partial charge in [-0.05, 0) is 12.1 Å². The predicted octanol–water partition coefficient (Wildman–Crippen LogP) is 1.69. The van der Waals surface area contributed by atoms with Gasteiger partial charge < -0.3 is 9.64 Å². The van der Waals surface area contributed by atoms with Crippen molar-refractivity contribution in [2.75, 3.05) is 13.6 Å². The summed E-state index contributed by atoms with van der Waals surface area (Å²) in [5.74, 6) is 1.02. The molecule has 3 nitrogen and oxygen atoms in total. The molecule has 1 atom stereocenters. The number of benzene rings is 1. The second-order valence-electron chi connectivity index (χ2n) is 3.86. The first-order valence-corrected chi connectivity index (χ1v) is 5.21. The summed E-state index contributed by atoms with van der Waals surface area (Å²) in [6.07, 6.45) is 1.44. The van der Waals surface area contributed by atoms with Crippen LogP contribution in [0, 0.1) is 0 Å². The van der Waals surface area contributed by atoms with Crippen LogP contribution in [0.15, 0.2) is 30.3 Å². The largest absolute Gasteiger partial charge is 0.490 e. The molecule has 1 unspecified atom stereocenters. The zero-order chi connectivity index (χ0) is 10.7. The quantitative estimate of drug-likeness (QED) is 0.735. The maximum Gasteiger partial charge on any atom is 0.226 e. The summed E-state index contributed by atoms with van der Waals surface area (Å²) in [4.78, 5) is 13.2. The van der Waals surface area contributed by atoms with Crippen LogP contribution in [-0.4, -0.2) is 30.5 Å². The van der Waals surface area contributed by atoms with Crippen LogP contribution in [0.25, 0.3) is 0 Å². The first-order valence-electron chi connectivity index (χ1n) is 5.21. The van der Waals surface area contributed by atoms with Gasteiger partial charge in [0, 0.05) is 20.0 Å². The lowest BCUT2D eigenvalue weighted by molar-refractivity contribution is -0.134. The number of carbonyl (C=O) groups excluding carboxylic acids is 1. The minimum absolute atomic E-state index is 0.0381. The summed E-state index contributed by atoms with van der Waals surface area (Å²) in [6.45, 7) is 0.788. The number of amides is 1. The van der Waals surface area contributed by atoms with E-state index in [1.165, 1.54) is 0 Å². The van der Waals surface area contributed by atoms with Gasteiger partial charge in [-0.1, -0.05) is 18.2 Å². The van der Waals surface area contributed by atoms with E-state index in [-0.39, 0.29) is 12.0 Å². The molecule has 0 spiro atoms. The summed E-state index contributed by atoms with van der Waals surface area (Å²) < 4.78 is 5.73. The highest BCUT2D eigenvalue weighted by atomic mass is 16.5. The highest BCUT2D eigenvalue weighted by Gasteiger charge is 2.24. The average Bonchev–Trinajstić information content (AvgIpc) is 2.25. The molecule has 3 heteroatoms. The first kappa shape index (κ1) is 10.0. The molecule has 1 aliphatic heterocycles. The van der Waals surface area contributed by atoms with Crippen LogP contribution in [0.4, 0.5) is 0 Å². The molecule has 1 heterocycles. The fourth-order valence-corrected chi connectivity index (χ4v) is 1.71. The van der Waals surface area contributed by atoms with E-state index >= 15 is 0 Å². The van der Waals surface area contributed by atoms with Crippen LogP contribution in [0.5, 0.6) is 5.75 Å². The van der Waals surface area contributed by atoms with Crippen LogP contribution in [0.2, 0.25) is 0 Å². The lowest BCUT2D eigenvalue weighted by atomic mass is 10.1. The Morgan fingerprint density at radius 3 is 2.73 bits per heavy atom. The summed E-state index contributed by atoms with van der Waals surface area (Å²) in [5.41, 5.74) is 0. The van der Waals surface area contributed by atoms with E-state index < -0.39 is 0 Å². The Morgan fingerprint density at radius 1 is 1.33 bits per heavy atom. The van der Waals surface area contributed by atoms with Gasteiger partial charge in [-0.2, -0.15) is 0 Å². The van der Waals surface area contributed by atoms with Gasteiger partial charge in [0.15, 0.2) is 0 Å². The first-order chi connectivity index (χ1) is 7.25. The molecular formula is C12H15NO2. The lowest BCUT2D eigenvalue weighted by Gasteiger charge is -2.29. The number of piperidine rings is 1. The topological polar surface area (TPSA) is 29.5 Å². The number of carbonyl (C=O) groups is 1. The number of rotatable bonds is 2. The second kappa shape index (κ2) is 4.34. The van der Waals surface area contributed by atoms with Crippen molar-refractivity contribution in [1.29, 1.82) is 0 Å². The van der Waals surface area contributed by atoms with Crippen LogP contribution < -0.4 is 4.74 Å². The molecule has 0 aliphatic carbocycles. The van der Waals surface area contributed by atoms with E-state index in [1.807, 2.05) is 37.4 Å². The fraction of sp³-hybridized carbons (Fsp3) is 0.417. The Bertz CT molecular complexity index is 337. The fourth-order valence-electron chi connectivity index (χ4n) is 1.71. The van der Waals surface area contributed by atoms with Crippen molar-refractivity contribution in [2.45, 2.75) is 18.9 Å². The summed E-state index contributed by atoms with van der Waals surface area (Å²) in [6, 6.07) is 9.66. The number of hydrogen-bond donors (Lipinski definition) is 0. The molecule has 1 aliphatic rings. The Hall–Kier alpha value is -1.51. The SMILES string of the molecule is CN1CCC(Oc2ccccc2)CC1=O. The van der Waals surface area contributed by atoms with Crippen LogP contribution in [0.1, 0.15) is 12.8 Å². The van der Waals surface area contributed by atoms with E-state index in [9.17, 15) is 4.79 Å². The summed E-state index contributed by atoms with van der Waals surface area (Å²) >= 11 is 0. The smallest absolute Gasteiger partial charge is 0.226 e. The molecule has 1 aromatic carbocycles. The number of ether oxygens (including phenoxy) is 1. The molecular weight excluding hydrogens is 190 g/mol.